The predicted molar refractivity (Wildman–Crippen MR) is 79.6 cm³/mol. The van der Waals surface area contributed by atoms with Crippen LogP contribution in [0.3, 0.4) is 0 Å². The molecule has 3 rings (SSSR count). The second-order valence-electron chi connectivity index (χ2n) is 4.26. The van der Waals surface area contributed by atoms with Gasteiger partial charge in [0.05, 0.1) is 22.7 Å². The van der Waals surface area contributed by atoms with Gasteiger partial charge < -0.3 is 9.40 Å². The smallest absolute Gasteiger partial charge is 0.259 e. The zero-order chi connectivity index (χ0) is 14.8. The van der Waals surface area contributed by atoms with Crippen LogP contribution in [0.4, 0.5) is 0 Å². The number of rotatable bonds is 2. The van der Waals surface area contributed by atoms with E-state index < -0.39 is 0 Å². The van der Waals surface area contributed by atoms with Gasteiger partial charge in [0.1, 0.15) is 11.8 Å². The standard InChI is InChI=1S/C15H8ClN3O2/c16-10-3-4-12-13(7-10)18-14(19-15(12)20)9(8-17)6-11-2-1-5-21-11/h1-7H,(H,18,19,20). The summed E-state index contributed by atoms with van der Waals surface area (Å²) in [6.45, 7) is 0. The number of aromatic nitrogens is 2. The molecule has 0 aliphatic carbocycles. The Kier molecular flexibility index (Phi) is 3.30. The lowest BCUT2D eigenvalue weighted by Gasteiger charge is -2.02. The molecule has 3 aromatic rings. The van der Waals surface area contributed by atoms with Gasteiger partial charge in [0.2, 0.25) is 0 Å². The van der Waals surface area contributed by atoms with Gasteiger partial charge in [-0.25, -0.2) is 4.98 Å². The summed E-state index contributed by atoms with van der Waals surface area (Å²) in [5.41, 5.74) is 0.304. The number of nitriles is 1. The second-order valence-corrected chi connectivity index (χ2v) is 4.70. The van der Waals surface area contributed by atoms with E-state index in [0.717, 1.165) is 0 Å². The fourth-order valence-electron chi connectivity index (χ4n) is 1.91. The number of benzene rings is 1. The summed E-state index contributed by atoms with van der Waals surface area (Å²) in [6, 6.07) is 10.2. The first kappa shape index (κ1) is 13.2. The lowest BCUT2D eigenvalue weighted by molar-refractivity contribution is 0.557. The summed E-state index contributed by atoms with van der Waals surface area (Å²) < 4.78 is 5.16. The lowest BCUT2D eigenvalue weighted by atomic mass is 10.2. The Morgan fingerprint density at radius 1 is 1.43 bits per heavy atom. The van der Waals surface area contributed by atoms with Gasteiger partial charge in [-0.2, -0.15) is 5.26 Å². The van der Waals surface area contributed by atoms with E-state index in [0.29, 0.717) is 21.7 Å². The van der Waals surface area contributed by atoms with Gasteiger partial charge in [-0.3, -0.25) is 4.79 Å². The zero-order valence-electron chi connectivity index (χ0n) is 10.6. The van der Waals surface area contributed by atoms with Gasteiger partial charge in [0.25, 0.3) is 5.56 Å². The van der Waals surface area contributed by atoms with Crippen molar-refractivity contribution in [1.29, 1.82) is 5.26 Å². The molecule has 2 heterocycles. The Bertz CT molecular complexity index is 934. The van der Waals surface area contributed by atoms with Crippen LogP contribution in [0.2, 0.25) is 5.02 Å². The van der Waals surface area contributed by atoms with Crippen LogP contribution in [0.25, 0.3) is 22.6 Å². The minimum absolute atomic E-state index is 0.175. The number of aromatic amines is 1. The monoisotopic (exact) mass is 297 g/mol. The average molecular weight is 298 g/mol. The molecule has 0 saturated carbocycles. The molecule has 0 aliphatic heterocycles. The molecule has 0 bridgehead atoms. The van der Waals surface area contributed by atoms with Crippen molar-refractivity contribution >= 4 is 34.2 Å². The number of hydrogen-bond donors (Lipinski definition) is 1. The minimum Gasteiger partial charge on any atom is -0.465 e. The molecule has 0 radical (unpaired) electrons. The van der Waals surface area contributed by atoms with Crippen molar-refractivity contribution in [2.75, 3.05) is 0 Å². The third-order valence-electron chi connectivity index (χ3n) is 2.87. The molecule has 1 aromatic carbocycles. The van der Waals surface area contributed by atoms with Crippen LogP contribution in [0, 0.1) is 11.3 Å². The van der Waals surface area contributed by atoms with Crippen LogP contribution in [0.15, 0.2) is 45.8 Å². The molecule has 0 amide bonds. The highest BCUT2D eigenvalue weighted by Gasteiger charge is 2.09. The molecular formula is C15H8ClN3O2. The third kappa shape index (κ3) is 2.57. The summed E-state index contributed by atoms with van der Waals surface area (Å²) in [7, 11) is 0. The highest BCUT2D eigenvalue weighted by Crippen LogP contribution is 2.18. The van der Waals surface area contributed by atoms with E-state index in [9.17, 15) is 10.1 Å². The zero-order valence-corrected chi connectivity index (χ0v) is 11.4. The van der Waals surface area contributed by atoms with Crippen LogP contribution in [-0.4, -0.2) is 9.97 Å². The minimum atomic E-state index is -0.327. The van der Waals surface area contributed by atoms with Crippen LogP contribution in [0.5, 0.6) is 0 Å². The van der Waals surface area contributed by atoms with Crippen LogP contribution >= 0.6 is 11.6 Å². The van der Waals surface area contributed by atoms with E-state index in [-0.39, 0.29) is 17.0 Å². The normalized spacial score (nSPS) is 11.5. The lowest BCUT2D eigenvalue weighted by Crippen LogP contribution is -2.11. The van der Waals surface area contributed by atoms with Crippen molar-refractivity contribution in [3.05, 3.63) is 63.6 Å². The molecular weight excluding hydrogens is 290 g/mol. The molecule has 0 unspecified atom stereocenters. The SMILES string of the molecule is N#CC(=Cc1ccco1)c1nc2cc(Cl)ccc2c(=O)[nH]1. The van der Waals surface area contributed by atoms with E-state index in [4.69, 9.17) is 16.0 Å². The molecule has 2 aromatic heterocycles. The Morgan fingerprint density at radius 2 is 2.29 bits per heavy atom. The number of hydrogen-bond acceptors (Lipinski definition) is 4. The summed E-state index contributed by atoms with van der Waals surface area (Å²) in [5.74, 6) is 0.675. The van der Waals surface area contributed by atoms with Crippen molar-refractivity contribution in [2.45, 2.75) is 0 Å². The van der Waals surface area contributed by atoms with E-state index in [1.54, 1.807) is 30.3 Å². The fourth-order valence-corrected chi connectivity index (χ4v) is 2.08. The average Bonchev–Trinajstić information content (AvgIpc) is 2.97. The molecule has 6 heteroatoms. The third-order valence-corrected chi connectivity index (χ3v) is 3.11. The molecule has 5 nitrogen and oxygen atoms in total. The molecule has 0 atom stereocenters. The van der Waals surface area contributed by atoms with Crippen molar-refractivity contribution in [1.82, 2.24) is 9.97 Å². The Balaban J connectivity index is 2.20. The topological polar surface area (TPSA) is 82.7 Å². The number of fused-ring (bicyclic) bond motifs is 1. The highest BCUT2D eigenvalue weighted by molar-refractivity contribution is 6.31. The Labute approximate surface area is 124 Å². The van der Waals surface area contributed by atoms with E-state index in [2.05, 4.69) is 9.97 Å². The summed E-state index contributed by atoms with van der Waals surface area (Å²) >= 11 is 5.91. The van der Waals surface area contributed by atoms with Crippen molar-refractivity contribution < 1.29 is 4.42 Å². The number of furan rings is 1. The largest absolute Gasteiger partial charge is 0.465 e. The maximum Gasteiger partial charge on any atom is 0.259 e. The van der Waals surface area contributed by atoms with Gasteiger partial charge in [-0.1, -0.05) is 11.6 Å². The maximum atomic E-state index is 12.0. The van der Waals surface area contributed by atoms with Crippen molar-refractivity contribution in [2.24, 2.45) is 0 Å². The molecule has 21 heavy (non-hydrogen) atoms. The number of allylic oxidation sites excluding steroid dienone is 1. The molecule has 0 spiro atoms. The van der Waals surface area contributed by atoms with E-state index >= 15 is 0 Å². The van der Waals surface area contributed by atoms with Crippen LogP contribution in [0.1, 0.15) is 11.6 Å². The van der Waals surface area contributed by atoms with Gasteiger partial charge in [-0.15, -0.1) is 0 Å². The number of H-pyrrole nitrogens is 1. The van der Waals surface area contributed by atoms with Crippen LogP contribution in [-0.2, 0) is 0 Å². The van der Waals surface area contributed by atoms with Crippen LogP contribution < -0.4 is 5.56 Å². The van der Waals surface area contributed by atoms with Gasteiger partial charge in [0.15, 0.2) is 5.82 Å². The Hall–Kier alpha value is -2.84. The molecule has 0 saturated heterocycles. The quantitative estimate of drug-likeness (QED) is 0.736. The first-order valence-electron chi connectivity index (χ1n) is 6.02. The second kappa shape index (κ2) is 5.27. The van der Waals surface area contributed by atoms with Gasteiger partial charge in [0, 0.05) is 11.1 Å². The summed E-state index contributed by atoms with van der Waals surface area (Å²) in [5, 5.41) is 10.1. The first-order valence-corrected chi connectivity index (χ1v) is 6.40. The number of nitrogens with one attached hydrogen (secondary N) is 1. The van der Waals surface area contributed by atoms with Crippen molar-refractivity contribution in [3.8, 4) is 6.07 Å². The molecule has 0 aliphatic rings. The van der Waals surface area contributed by atoms with Gasteiger partial charge in [-0.05, 0) is 30.3 Å². The number of nitrogens with zero attached hydrogens (tertiary/aromatic N) is 2. The molecule has 102 valence electrons. The summed E-state index contributed by atoms with van der Waals surface area (Å²) in [4.78, 5) is 18.9. The Morgan fingerprint density at radius 3 is 3.00 bits per heavy atom. The van der Waals surface area contributed by atoms with E-state index in [1.165, 1.54) is 12.3 Å². The summed E-state index contributed by atoms with van der Waals surface area (Å²) in [6.07, 6.45) is 3.01. The van der Waals surface area contributed by atoms with Crippen molar-refractivity contribution in [3.63, 3.8) is 0 Å². The molecule has 0 fully saturated rings. The highest BCUT2D eigenvalue weighted by atomic mass is 35.5. The van der Waals surface area contributed by atoms with E-state index in [1.807, 2.05) is 6.07 Å². The maximum absolute atomic E-state index is 12.0. The van der Waals surface area contributed by atoms with Gasteiger partial charge >= 0.3 is 0 Å². The number of halogens is 1. The first-order chi connectivity index (χ1) is 10.2. The molecule has 1 N–H and O–H groups in total. The fraction of sp³-hybridized carbons (Fsp3) is 0. The predicted octanol–water partition coefficient (Wildman–Crippen LogP) is 3.23.